The summed E-state index contributed by atoms with van der Waals surface area (Å²) < 4.78 is 10.0. The highest BCUT2D eigenvalue weighted by Gasteiger charge is 2.31. The SMILES string of the molecule is CC(C)C[C@H](NC(=O)c1ccco1)C(=O)N[C@H]1CCOC1O. The molecular weight excluding hydrogens is 288 g/mol. The Labute approximate surface area is 129 Å². The molecule has 1 unspecified atom stereocenters. The Bertz CT molecular complexity index is 500. The lowest BCUT2D eigenvalue weighted by molar-refractivity contribution is -0.127. The standard InChI is InChI=1S/C15H22N2O5/c1-9(2)8-11(17-14(19)12-4-3-6-21-12)13(18)16-10-5-7-22-15(10)20/h3-4,6,9-11,15,20H,5,7-8H2,1-2H3,(H,16,18)(H,17,19)/t10-,11-,15?/m0/s1. The molecule has 7 nitrogen and oxygen atoms in total. The molecule has 22 heavy (non-hydrogen) atoms. The number of aliphatic hydroxyl groups is 1. The molecule has 1 aliphatic heterocycles. The molecule has 1 aromatic heterocycles. The van der Waals surface area contributed by atoms with Gasteiger partial charge in [0.1, 0.15) is 6.04 Å². The van der Waals surface area contributed by atoms with Crippen LogP contribution in [-0.2, 0) is 9.53 Å². The van der Waals surface area contributed by atoms with Gasteiger partial charge in [-0.15, -0.1) is 0 Å². The van der Waals surface area contributed by atoms with Crippen LogP contribution in [0.3, 0.4) is 0 Å². The summed E-state index contributed by atoms with van der Waals surface area (Å²) in [5.74, 6) is -0.389. The molecule has 0 bridgehead atoms. The molecule has 3 atom stereocenters. The molecule has 2 amide bonds. The van der Waals surface area contributed by atoms with E-state index in [0.717, 1.165) is 0 Å². The van der Waals surface area contributed by atoms with Crippen LogP contribution in [-0.4, -0.2) is 41.9 Å². The third kappa shape index (κ3) is 4.32. The predicted octanol–water partition coefficient (Wildman–Crippen LogP) is 0.648. The maximum atomic E-state index is 12.4. The highest BCUT2D eigenvalue weighted by atomic mass is 16.6. The van der Waals surface area contributed by atoms with E-state index in [9.17, 15) is 14.7 Å². The molecule has 1 aromatic rings. The molecule has 122 valence electrons. The van der Waals surface area contributed by atoms with E-state index in [4.69, 9.17) is 9.15 Å². The van der Waals surface area contributed by atoms with Crippen molar-refractivity contribution in [3.8, 4) is 0 Å². The summed E-state index contributed by atoms with van der Waals surface area (Å²) in [5.41, 5.74) is 0. The van der Waals surface area contributed by atoms with Crippen LogP contribution < -0.4 is 10.6 Å². The maximum Gasteiger partial charge on any atom is 0.287 e. The van der Waals surface area contributed by atoms with Crippen LogP contribution in [0.15, 0.2) is 22.8 Å². The molecule has 0 aromatic carbocycles. The fourth-order valence-electron chi connectivity index (χ4n) is 2.34. The lowest BCUT2D eigenvalue weighted by Gasteiger charge is -2.22. The first-order valence-corrected chi connectivity index (χ1v) is 7.41. The Balaban J connectivity index is 1.98. The highest BCUT2D eigenvalue weighted by Crippen LogP contribution is 2.13. The van der Waals surface area contributed by atoms with Crippen molar-refractivity contribution >= 4 is 11.8 Å². The second-order valence-electron chi connectivity index (χ2n) is 5.80. The van der Waals surface area contributed by atoms with Gasteiger partial charge in [0, 0.05) is 0 Å². The molecule has 0 spiro atoms. The lowest BCUT2D eigenvalue weighted by Crippen LogP contribution is -2.51. The van der Waals surface area contributed by atoms with Crippen molar-refractivity contribution in [1.29, 1.82) is 0 Å². The number of carbonyl (C=O) groups is 2. The largest absolute Gasteiger partial charge is 0.459 e. The van der Waals surface area contributed by atoms with Gasteiger partial charge < -0.3 is 24.9 Å². The normalized spacial score (nSPS) is 22.5. The van der Waals surface area contributed by atoms with Gasteiger partial charge in [0.25, 0.3) is 5.91 Å². The van der Waals surface area contributed by atoms with Crippen LogP contribution >= 0.6 is 0 Å². The first-order chi connectivity index (χ1) is 10.5. The summed E-state index contributed by atoms with van der Waals surface area (Å²) in [6, 6.07) is 2.01. The minimum Gasteiger partial charge on any atom is -0.459 e. The van der Waals surface area contributed by atoms with Gasteiger partial charge >= 0.3 is 0 Å². The van der Waals surface area contributed by atoms with Gasteiger partial charge in [0.05, 0.1) is 18.9 Å². The Hall–Kier alpha value is -1.86. The van der Waals surface area contributed by atoms with E-state index in [0.29, 0.717) is 19.4 Å². The fraction of sp³-hybridized carbons (Fsp3) is 0.600. The number of ether oxygens (including phenoxy) is 1. The number of nitrogens with one attached hydrogen (secondary N) is 2. The van der Waals surface area contributed by atoms with E-state index < -0.39 is 24.3 Å². The van der Waals surface area contributed by atoms with E-state index in [1.54, 1.807) is 6.07 Å². The average Bonchev–Trinajstić information content (AvgIpc) is 3.10. The van der Waals surface area contributed by atoms with Crippen molar-refractivity contribution in [3.05, 3.63) is 24.2 Å². The average molecular weight is 310 g/mol. The van der Waals surface area contributed by atoms with Crippen molar-refractivity contribution < 1.29 is 23.8 Å². The van der Waals surface area contributed by atoms with Gasteiger partial charge in [0.15, 0.2) is 12.1 Å². The molecule has 2 heterocycles. The van der Waals surface area contributed by atoms with Crippen molar-refractivity contribution in [2.75, 3.05) is 6.61 Å². The van der Waals surface area contributed by atoms with Crippen LogP contribution in [0.1, 0.15) is 37.2 Å². The van der Waals surface area contributed by atoms with E-state index in [-0.39, 0.29) is 17.6 Å². The quantitative estimate of drug-likeness (QED) is 0.716. The van der Waals surface area contributed by atoms with E-state index in [2.05, 4.69) is 10.6 Å². The van der Waals surface area contributed by atoms with Crippen LogP contribution in [0.2, 0.25) is 0 Å². The number of furan rings is 1. The summed E-state index contributed by atoms with van der Waals surface area (Å²) in [4.78, 5) is 24.4. The molecule has 0 aliphatic carbocycles. The van der Waals surface area contributed by atoms with Crippen molar-refractivity contribution in [1.82, 2.24) is 10.6 Å². The zero-order valence-electron chi connectivity index (χ0n) is 12.7. The van der Waals surface area contributed by atoms with Gasteiger partial charge in [-0.3, -0.25) is 9.59 Å². The van der Waals surface area contributed by atoms with E-state index >= 15 is 0 Å². The third-order valence-corrected chi connectivity index (χ3v) is 3.46. The number of hydrogen-bond donors (Lipinski definition) is 3. The zero-order valence-corrected chi connectivity index (χ0v) is 12.7. The summed E-state index contributed by atoms with van der Waals surface area (Å²) in [6.45, 7) is 4.33. The van der Waals surface area contributed by atoms with Gasteiger partial charge in [-0.25, -0.2) is 0 Å². The minimum atomic E-state index is -0.996. The Morgan fingerprint density at radius 2 is 2.23 bits per heavy atom. The molecule has 1 fully saturated rings. The van der Waals surface area contributed by atoms with E-state index in [1.165, 1.54) is 12.3 Å². The van der Waals surface area contributed by atoms with Gasteiger partial charge in [-0.2, -0.15) is 0 Å². The smallest absolute Gasteiger partial charge is 0.287 e. The lowest BCUT2D eigenvalue weighted by atomic mass is 10.0. The Kier molecular flexibility index (Phi) is 5.57. The first-order valence-electron chi connectivity index (χ1n) is 7.41. The number of carbonyl (C=O) groups excluding carboxylic acids is 2. The Morgan fingerprint density at radius 1 is 1.45 bits per heavy atom. The first kappa shape index (κ1) is 16.5. The number of rotatable bonds is 6. The van der Waals surface area contributed by atoms with Crippen molar-refractivity contribution in [2.24, 2.45) is 5.92 Å². The molecule has 2 rings (SSSR count). The molecule has 3 N–H and O–H groups in total. The van der Waals surface area contributed by atoms with Gasteiger partial charge in [0.2, 0.25) is 5.91 Å². The zero-order chi connectivity index (χ0) is 16.1. The summed E-state index contributed by atoms with van der Waals surface area (Å²) in [6.07, 6.45) is 1.44. The summed E-state index contributed by atoms with van der Waals surface area (Å²) >= 11 is 0. The Morgan fingerprint density at radius 3 is 2.77 bits per heavy atom. The molecule has 7 heteroatoms. The van der Waals surface area contributed by atoms with Gasteiger partial charge in [-0.05, 0) is 30.9 Å². The van der Waals surface area contributed by atoms with Crippen LogP contribution in [0.25, 0.3) is 0 Å². The predicted molar refractivity (Wildman–Crippen MR) is 77.9 cm³/mol. The molecule has 0 saturated carbocycles. The summed E-state index contributed by atoms with van der Waals surface area (Å²) in [7, 11) is 0. The van der Waals surface area contributed by atoms with Crippen LogP contribution in [0.4, 0.5) is 0 Å². The van der Waals surface area contributed by atoms with Crippen LogP contribution in [0.5, 0.6) is 0 Å². The molecule has 1 saturated heterocycles. The fourth-order valence-corrected chi connectivity index (χ4v) is 2.34. The van der Waals surface area contributed by atoms with Crippen molar-refractivity contribution in [3.63, 3.8) is 0 Å². The number of hydrogen-bond acceptors (Lipinski definition) is 5. The number of aliphatic hydroxyl groups excluding tert-OH is 1. The van der Waals surface area contributed by atoms with Crippen LogP contribution in [0, 0.1) is 5.92 Å². The molecule has 0 radical (unpaired) electrons. The highest BCUT2D eigenvalue weighted by molar-refractivity contribution is 5.95. The summed E-state index contributed by atoms with van der Waals surface area (Å²) in [5, 5.41) is 15.0. The maximum absolute atomic E-state index is 12.4. The van der Waals surface area contributed by atoms with E-state index in [1.807, 2.05) is 13.8 Å². The monoisotopic (exact) mass is 310 g/mol. The number of amides is 2. The minimum absolute atomic E-state index is 0.158. The molecule has 1 aliphatic rings. The second-order valence-corrected chi connectivity index (χ2v) is 5.80. The second kappa shape index (κ2) is 7.42. The topological polar surface area (TPSA) is 101 Å². The van der Waals surface area contributed by atoms with Gasteiger partial charge in [-0.1, -0.05) is 13.8 Å². The molecular formula is C15H22N2O5. The third-order valence-electron chi connectivity index (χ3n) is 3.46. The van der Waals surface area contributed by atoms with Crippen molar-refractivity contribution in [2.45, 2.75) is 45.1 Å².